The molecule has 0 bridgehead atoms. The molecule has 4 aromatic rings. The molecule has 1 heterocycles. The maximum absolute atomic E-state index is 12.9. The van der Waals surface area contributed by atoms with E-state index in [1.54, 1.807) is 39.1 Å². The summed E-state index contributed by atoms with van der Waals surface area (Å²) >= 11 is 0. The van der Waals surface area contributed by atoms with Gasteiger partial charge in [-0.1, -0.05) is 66.7 Å². The number of fused-ring (bicyclic) bond motifs is 4. The van der Waals surface area contributed by atoms with Gasteiger partial charge in [-0.25, -0.2) is 4.79 Å². The van der Waals surface area contributed by atoms with Crippen LogP contribution < -0.4 is 0 Å². The van der Waals surface area contributed by atoms with E-state index in [-0.39, 0.29) is 25.4 Å². The number of benzene rings is 3. The van der Waals surface area contributed by atoms with Gasteiger partial charge < -0.3 is 14.6 Å². The predicted octanol–water partition coefficient (Wildman–Crippen LogP) is 6.41. The Morgan fingerprint density at radius 3 is 2.10 bits per heavy atom. The molecule has 0 aliphatic heterocycles. The number of hydrogen-bond acceptors (Lipinski definition) is 5. The summed E-state index contributed by atoms with van der Waals surface area (Å²) in [5, 5.41) is 10.7. The summed E-state index contributed by atoms with van der Waals surface area (Å²) in [6, 6.07) is 23.3. The number of rotatable bonds is 7. The van der Waals surface area contributed by atoms with Crippen LogP contribution >= 0.6 is 0 Å². The summed E-state index contributed by atoms with van der Waals surface area (Å²) in [6.45, 7) is 5.49. The number of carboxylic acid groups (broad SMARTS) is 1. The van der Waals surface area contributed by atoms with Gasteiger partial charge in [-0.15, -0.1) is 0 Å². The summed E-state index contributed by atoms with van der Waals surface area (Å²) in [7, 11) is 0. The van der Waals surface area contributed by atoms with Gasteiger partial charge in [0.05, 0.1) is 17.9 Å². The quantitative estimate of drug-likeness (QED) is 0.280. The fraction of sp³-hybridized carbons (Fsp3) is 0.281. The average Bonchev–Trinajstić information content (AvgIpc) is 3.42. The van der Waals surface area contributed by atoms with Gasteiger partial charge in [0.1, 0.15) is 12.2 Å². The molecule has 200 valence electrons. The van der Waals surface area contributed by atoms with Crippen LogP contribution in [-0.2, 0) is 25.5 Å². The monoisotopic (exact) mass is 525 g/mol. The highest BCUT2D eigenvalue weighted by Crippen LogP contribution is 2.44. The third kappa shape index (κ3) is 5.43. The molecular weight excluding hydrogens is 494 g/mol. The summed E-state index contributed by atoms with van der Waals surface area (Å²) < 4.78 is 12.6. The highest BCUT2D eigenvalue weighted by molar-refractivity contribution is 5.92. The first kappa shape index (κ1) is 26.2. The Labute approximate surface area is 227 Å². The molecule has 0 spiro atoms. The molecule has 1 aromatic heterocycles. The van der Waals surface area contributed by atoms with Crippen molar-refractivity contribution < 1.29 is 29.0 Å². The van der Waals surface area contributed by atoms with E-state index in [1.165, 1.54) is 4.57 Å². The first-order valence-electron chi connectivity index (χ1n) is 13.0. The summed E-state index contributed by atoms with van der Waals surface area (Å²) in [5.74, 6) is -2.78. The van der Waals surface area contributed by atoms with Crippen molar-refractivity contribution in [2.75, 3.05) is 6.61 Å². The van der Waals surface area contributed by atoms with Gasteiger partial charge in [-0.3, -0.25) is 14.2 Å². The Kier molecular flexibility index (Phi) is 7.00. The van der Waals surface area contributed by atoms with E-state index in [4.69, 9.17) is 9.47 Å². The zero-order valence-electron chi connectivity index (χ0n) is 22.2. The number of esters is 1. The van der Waals surface area contributed by atoms with E-state index in [0.29, 0.717) is 11.1 Å². The molecular formula is C32H31NO6. The molecule has 0 unspecified atom stereocenters. The minimum atomic E-state index is -1.10. The van der Waals surface area contributed by atoms with Crippen molar-refractivity contribution in [2.45, 2.75) is 45.1 Å². The Bertz CT molecular complexity index is 1510. The molecule has 1 atom stereocenters. The third-order valence-corrected chi connectivity index (χ3v) is 6.99. The van der Waals surface area contributed by atoms with E-state index >= 15 is 0 Å². The van der Waals surface area contributed by atoms with Crippen LogP contribution in [-0.4, -0.2) is 39.9 Å². The maximum atomic E-state index is 12.9. The number of aromatic nitrogens is 1. The molecule has 1 aliphatic rings. The van der Waals surface area contributed by atoms with Gasteiger partial charge >= 0.3 is 18.0 Å². The predicted molar refractivity (Wildman–Crippen MR) is 148 cm³/mol. The second-order valence-electron chi connectivity index (χ2n) is 10.9. The van der Waals surface area contributed by atoms with Crippen molar-refractivity contribution in [3.05, 3.63) is 95.7 Å². The molecule has 7 nitrogen and oxygen atoms in total. The summed E-state index contributed by atoms with van der Waals surface area (Å²) in [6.07, 6.45) is 0.841. The van der Waals surface area contributed by atoms with Crippen molar-refractivity contribution in [1.82, 2.24) is 4.57 Å². The topological polar surface area (TPSA) is 94.8 Å². The lowest BCUT2D eigenvalue weighted by Crippen LogP contribution is -2.26. The molecule has 39 heavy (non-hydrogen) atoms. The van der Waals surface area contributed by atoms with Crippen LogP contribution in [0.1, 0.15) is 49.8 Å². The minimum absolute atomic E-state index is 0.0653. The Hall–Kier alpha value is -4.39. The lowest BCUT2D eigenvalue weighted by Gasteiger charge is -2.19. The SMILES string of the molecule is CC(C)(C)OC(=O)n1cc(C[C@H](CC(=O)OCC2c3ccccc3-c3ccccc32)C(=O)O)c2ccccc21. The highest BCUT2D eigenvalue weighted by Gasteiger charge is 2.31. The maximum Gasteiger partial charge on any atom is 0.419 e. The minimum Gasteiger partial charge on any atom is -0.481 e. The largest absolute Gasteiger partial charge is 0.481 e. The number of carbonyl (C=O) groups excluding carboxylic acids is 2. The zero-order chi connectivity index (χ0) is 27.7. The van der Waals surface area contributed by atoms with Crippen LogP contribution in [0.3, 0.4) is 0 Å². The Morgan fingerprint density at radius 1 is 0.897 bits per heavy atom. The molecule has 5 rings (SSSR count). The van der Waals surface area contributed by atoms with Crippen molar-refractivity contribution in [2.24, 2.45) is 5.92 Å². The standard InChI is InChI=1S/C32H31NO6/c1-32(2,3)39-31(37)33-18-21(22-10-8-9-15-28(22)33)16-20(30(35)36)17-29(34)38-19-27-25-13-6-4-11-23(25)24-12-5-7-14-26(24)27/h4-15,18,20,27H,16-17,19H2,1-3H3,(H,35,36)/t20-/m1/s1. The van der Waals surface area contributed by atoms with Crippen LogP contribution in [0, 0.1) is 5.92 Å². The molecule has 1 aliphatic carbocycles. The molecule has 0 saturated carbocycles. The molecule has 0 saturated heterocycles. The second-order valence-corrected chi connectivity index (χ2v) is 10.9. The van der Waals surface area contributed by atoms with Gasteiger partial charge in [-0.05, 0) is 61.1 Å². The highest BCUT2D eigenvalue weighted by atomic mass is 16.6. The van der Waals surface area contributed by atoms with Gasteiger partial charge in [0.25, 0.3) is 0 Å². The van der Waals surface area contributed by atoms with Crippen LogP contribution in [0.5, 0.6) is 0 Å². The number of ether oxygens (including phenoxy) is 2. The van der Waals surface area contributed by atoms with Gasteiger partial charge in [0, 0.05) is 17.5 Å². The van der Waals surface area contributed by atoms with E-state index < -0.39 is 29.6 Å². The molecule has 7 heteroatoms. The fourth-order valence-electron chi connectivity index (χ4n) is 5.26. The van der Waals surface area contributed by atoms with Crippen molar-refractivity contribution >= 4 is 28.9 Å². The Balaban J connectivity index is 1.31. The Morgan fingerprint density at radius 2 is 1.49 bits per heavy atom. The molecule has 0 amide bonds. The van der Waals surface area contributed by atoms with Crippen LogP contribution in [0.15, 0.2) is 79.0 Å². The first-order chi connectivity index (χ1) is 18.6. The molecule has 3 aromatic carbocycles. The summed E-state index contributed by atoms with van der Waals surface area (Å²) in [5.41, 5.74) is 5.02. The number of hydrogen-bond donors (Lipinski definition) is 1. The van der Waals surface area contributed by atoms with Crippen molar-refractivity contribution in [1.29, 1.82) is 0 Å². The number of aliphatic carboxylic acids is 1. The van der Waals surface area contributed by atoms with Crippen molar-refractivity contribution in [3.8, 4) is 11.1 Å². The second kappa shape index (κ2) is 10.4. The zero-order valence-corrected chi connectivity index (χ0v) is 22.2. The normalized spacial score (nSPS) is 13.5. The van der Waals surface area contributed by atoms with E-state index in [1.807, 2.05) is 48.5 Å². The van der Waals surface area contributed by atoms with Gasteiger partial charge in [0.2, 0.25) is 0 Å². The first-order valence-corrected chi connectivity index (χ1v) is 13.0. The van der Waals surface area contributed by atoms with E-state index in [0.717, 1.165) is 27.6 Å². The number of nitrogens with zero attached hydrogens (tertiary/aromatic N) is 1. The average molecular weight is 526 g/mol. The number of para-hydroxylation sites is 1. The number of carboxylic acids is 1. The fourth-order valence-corrected chi connectivity index (χ4v) is 5.26. The molecule has 1 N–H and O–H groups in total. The lowest BCUT2D eigenvalue weighted by molar-refractivity contribution is -0.151. The smallest absolute Gasteiger partial charge is 0.419 e. The van der Waals surface area contributed by atoms with E-state index in [2.05, 4.69) is 12.1 Å². The van der Waals surface area contributed by atoms with Gasteiger partial charge in [-0.2, -0.15) is 0 Å². The van der Waals surface area contributed by atoms with Crippen LogP contribution in [0.4, 0.5) is 4.79 Å². The lowest BCUT2D eigenvalue weighted by atomic mass is 9.95. The molecule has 0 radical (unpaired) electrons. The van der Waals surface area contributed by atoms with Crippen LogP contribution in [0.2, 0.25) is 0 Å². The van der Waals surface area contributed by atoms with Crippen LogP contribution in [0.25, 0.3) is 22.0 Å². The molecule has 0 fully saturated rings. The third-order valence-electron chi connectivity index (χ3n) is 6.99. The van der Waals surface area contributed by atoms with Gasteiger partial charge in [0.15, 0.2) is 0 Å². The number of carbonyl (C=O) groups is 3. The van der Waals surface area contributed by atoms with Crippen molar-refractivity contribution in [3.63, 3.8) is 0 Å². The summed E-state index contributed by atoms with van der Waals surface area (Å²) in [4.78, 5) is 37.9. The van der Waals surface area contributed by atoms with E-state index in [9.17, 15) is 19.5 Å².